The van der Waals surface area contributed by atoms with E-state index in [0.29, 0.717) is 68.3 Å². The summed E-state index contributed by atoms with van der Waals surface area (Å²) in [6.07, 6.45) is 1.84. The molecule has 0 spiro atoms. The van der Waals surface area contributed by atoms with Crippen LogP contribution in [-0.2, 0) is 21.2 Å². The third-order valence-corrected chi connectivity index (χ3v) is 8.79. The molecule has 0 aliphatic carbocycles. The molecule has 1 unspecified atom stereocenters. The highest BCUT2D eigenvalue weighted by atomic mass is 32.2. The monoisotopic (exact) mass is 593 g/mol. The second kappa shape index (κ2) is 12.8. The van der Waals surface area contributed by atoms with Crippen LogP contribution in [0.3, 0.4) is 0 Å². The zero-order chi connectivity index (χ0) is 29.7. The molecule has 222 valence electrons. The predicted octanol–water partition coefficient (Wildman–Crippen LogP) is 3.45. The van der Waals surface area contributed by atoms with E-state index in [9.17, 15) is 18.0 Å². The average Bonchev–Trinajstić information content (AvgIpc) is 3.01. The Balaban J connectivity index is 1.55. The molecule has 2 N–H and O–H groups in total. The van der Waals surface area contributed by atoms with Crippen molar-refractivity contribution in [2.75, 3.05) is 40.0 Å². The van der Waals surface area contributed by atoms with Gasteiger partial charge in [0.15, 0.2) is 18.1 Å². The number of carbonyl (C=O) groups is 2. The summed E-state index contributed by atoms with van der Waals surface area (Å²) in [6, 6.07) is 16.9. The molecule has 0 aromatic heterocycles. The van der Waals surface area contributed by atoms with Crippen molar-refractivity contribution in [2.45, 2.75) is 37.1 Å². The van der Waals surface area contributed by atoms with E-state index in [1.165, 1.54) is 19.2 Å². The van der Waals surface area contributed by atoms with Crippen LogP contribution in [0.2, 0.25) is 0 Å². The summed E-state index contributed by atoms with van der Waals surface area (Å²) in [6.45, 7) is 3.34. The second-order valence-corrected chi connectivity index (χ2v) is 12.0. The first-order valence-corrected chi connectivity index (χ1v) is 15.5. The minimum absolute atomic E-state index is 0.108. The Kier molecular flexibility index (Phi) is 8.98. The third-order valence-electron chi connectivity index (χ3n) is 7.31. The van der Waals surface area contributed by atoms with Gasteiger partial charge in [0.05, 0.1) is 24.7 Å². The normalized spacial score (nSPS) is 17.1. The molecule has 0 radical (unpaired) electrons. The molecule has 10 nitrogen and oxygen atoms in total. The molecule has 3 aromatic rings. The van der Waals surface area contributed by atoms with Gasteiger partial charge in [-0.1, -0.05) is 19.1 Å². The second-order valence-electron chi connectivity index (χ2n) is 10.2. The number of amides is 2. The van der Waals surface area contributed by atoms with Crippen molar-refractivity contribution in [1.29, 1.82) is 0 Å². The number of hydrogen-bond donors (Lipinski definition) is 2. The van der Waals surface area contributed by atoms with Crippen molar-refractivity contribution < 1.29 is 32.2 Å². The summed E-state index contributed by atoms with van der Waals surface area (Å²) in [5.41, 5.74) is 3.09. The Hall–Kier alpha value is -4.09. The van der Waals surface area contributed by atoms with Crippen LogP contribution in [0.4, 0.5) is 0 Å². The van der Waals surface area contributed by atoms with Gasteiger partial charge in [-0.05, 0) is 84.5 Å². The van der Waals surface area contributed by atoms with Crippen LogP contribution < -0.4 is 24.2 Å². The van der Waals surface area contributed by atoms with Crippen LogP contribution >= 0.6 is 0 Å². The van der Waals surface area contributed by atoms with Crippen LogP contribution in [-0.4, -0.2) is 65.1 Å². The molecule has 3 heterocycles. The quantitative estimate of drug-likeness (QED) is 0.449. The summed E-state index contributed by atoms with van der Waals surface area (Å²) in [7, 11) is -2.12. The number of carbonyl (C=O) groups excluding carboxylic acids is 2. The third kappa shape index (κ3) is 6.37. The van der Waals surface area contributed by atoms with Crippen LogP contribution in [0.5, 0.6) is 17.2 Å². The Morgan fingerprint density at radius 1 is 1.12 bits per heavy atom. The molecule has 3 aliphatic rings. The predicted molar refractivity (Wildman–Crippen MR) is 157 cm³/mol. The maximum absolute atomic E-state index is 14.0. The largest absolute Gasteiger partial charge is 0.494 e. The van der Waals surface area contributed by atoms with E-state index < -0.39 is 16.1 Å². The zero-order valence-corrected chi connectivity index (χ0v) is 24.5. The number of benzene rings is 3. The number of methoxy groups -OCH3 is 1. The van der Waals surface area contributed by atoms with Crippen molar-refractivity contribution in [3.8, 4) is 17.2 Å². The Bertz CT molecular complexity index is 1560. The first-order valence-electron chi connectivity index (χ1n) is 14.0. The fraction of sp³-hybridized carbons (Fsp3) is 0.355. The van der Waals surface area contributed by atoms with Crippen molar-refractivity contribution in [3.05, 3.63) is 82.9 Å². The molecule has 1 atom stereocenters. The average molecular weight is 594 g/mol. The van der Waals surface area contributed by atoms with Gasteiger partial charge in [-0.15, -0.1) is 0 Å². The highest BCUT2D eigenvalue weighted by Crippen LogP contribution is 2.42. The number of fused-ring (bicyclic) bond motifs is 8. The van der Waals surface area contributed by atoms with E-state index in [1.807, 2.05) is 43.3 Å². The van der Waals surface area contributed by atoms with E-state index in [-0.39, 0.29) is 23.3 Å². The molecule has 0 saturated carbocycles. The lowest BCUT2D eigenvalue weighted by Crippen LogP contribution is -2.40. The first-order chi connectivity index (χ1) is 20.3. The molecule has 0 saturated heterocycles. The molecular formula is C31H35N3O7S. The fourth-order valence-corrected chi connectivity index (χ4v) is 6.33. The zero-order valence-electron chi connectivity index (χ0n) is 23.7. The molecule has 6 rings (SSSR count). The topological polar surface area (TPSA) is 123 Å². The summed E-state index contributed by atoms with van der Waals surface area (Å²) >= 11 is 0. The molecular weight excluding hydrogens is 558 g/mol. The lowest BCUT2D eigenvalue weighted by atomic mass is 9.87. The first kappa shape index (κ1) is 29.4. The van der Waals surface area contributed by atoms with Gasteiger partial charge < -0.3 is 24.4 Å². The van der Waals surface area contributed by atoms with Gasteiger partial charge in [0, 0.05) is 25.2 Å². The van der Waals surface area contributed by atoms with E-state index in [4.69, 9.17) is 14.2 Å². The van der Waals surface area contributed by atoms with Gasteiger partial charge in [0.1, 0.15) is 5.75 Å². The van der Waals surface area contributed by atoms with Gasteiger partial charge in [-0.3, -0.25) is 9.59 Å². The minimum atomic E-state index is -3.65. The van der Waals surface area contributed by atoms with Crippen molar-refractivity contribution in [3.63, 3.8) is 0 Å². The van der Waals surface area contributed by atoms with Gasteiger partial charge in [-0.2, -0.15) is 0 Å². The van der Waals surface area contributed by atoms with Crippen molar-refractivity contribution >= 4 is 21.8 Å². The molecule has 0 fully saturated rings. The maximum atomic E-state index is 14.0. The lowest BCUT2D eigenvalue weighted by molar-refractivity contribution is -0.123. The molecule has 11 heteroatoms. The van der Waals surface area contributed by atoms with Crippen LogP contribution in [0.25, 0.3) is 0 Å². The van der Waals surface area contributed by atoms with E-state index in [2.05, 4.69) is 10.0 Å². The number of nitrogens with zero attached hydrogens (tertiary/aromatic N) is 1. The summed E-state index contributed by atoms with van der Waals surface area (Å²) in [5, 5.41) is 2.83. The van der Waals surface area contributed by atoms with Gasteiger partial charge in [0.2, 0.25) is 10.0 Å². The summed E-state index contributed by atoms with van der Waals surface area (Å²) < 4.78 is 45.2. The van der Waals surface area contributed by atoms with E-state index in [0.717, 1.165) is 16.7 Å². The van der Waals surface area contributed by atoms with E-state index in [1.54, 1.807) is 17.0 Å². The van der Waals surface area contributed by atoms with Gasteiger partial charge in [0.25, 0.3) is 11.8 Å². The number of nitrogens with one attached hydrogen (secondary N) is 2. The van der Waals surface area contributed by atoms with E-state index >= 15 is 0 Å². The van der Waals surface area contributed by atoms with Crippen LogP contribution in [0.1, 0.15) is 52.9 Å². The minimum Gasteiger partial charge on any atom is -0.494 e. The molecule has 2 amide bonds. The van der Waals surface area contributed by atoms with Gasteiger partial charge >= 0.3 is 0 Å². The maximum Gasteiger partial charge on any atom is 0.257 e. The summed E-state index contributed by atoms with van der Waals surface area (Å²) in [4.78, 5) is 28.2. The SMILES string of the molecule is CCCNS(=O)(=O)c1ccc(C(=O)N2CCc3cc4c(OC)cc3C2c2cccc(c2)OCCCNC(=O)CO4)cc1. The highest BCUT2D eigenvalue weighted by molar-refractivity contribution is 7.89. The number of sulfonamides is 1. The number of hydrogen-bond acceptors (Lipinski definition) is 7. The standard InChI is InChI=1S/C31H35N3O7S/c1-3-13-33-42(37,38)25-10-8-21(9-11-25)31(36)34-15-12-22-18-28-27(39-2)19-26(22)30(34)23-6-4-7-24(17-23)40-16-5-14-32-29(35)20-41-28/h4,6-11,17-19,30,33H,3,5,12-16,20H2,1-2H3,(H,32,35). The van der Waals surface area contributed by atoms with Crippen LogP contribution in [0.15, 0.2) is 65.6 Å². The lowest BCUT2D eigenvalue weighted by Gasteiger charge is -2.38. The Morgan fingerprint density at radius 2 is 1.93 bits per heavy atom. The smallest absolute Gasteiger partial charge is 0.257 e. The fourth-order valence-electron chi connectivity index (χ4n) is 5.20. The summed E-state index contributed by atoms with van der Waals surface area (Å²) in [5.74, 6) is 1.11. The molecule has 3 aromatic carbocycles. The molecule has 6 bridgehead atoms. The van der Waals surface area contributed by atoms with Crippen LogP contribution in [0, 0.1) is 0 Å². The van der Waals surface area contributed by atoms with Gasteiger partial charge in [-0.25, -0.2) is 13.1 Å². The van der Waals surface area contributed by atoms with Crippen molar-refractivity contribution in [2.24, 2.45) is 0 Å². The number of ether oxygens (including phenoxy) is 3. The molecule has 42 heavy (non-hydrogen) atoms. The van der Waals surface area contributed by atoms with Crippen molar-refractivity contribution in [1.82, 2.24) is 14.9 Å². The number of rotatable bonds is 6. The Labute approximate surface area is 246 Å². The Morgan fingerprint density at radius 3 is 2.69 bits per heavy atom. The molecule has 3 aliphatic heterocycles. The highest BCUT2D eigenvalue weighted by Gasteiger charge is 2.34.